The largest absolute Gasteiger partial charge is 0.368 e. The van der Waals surface area contributed by atoms with Gasteiger partial charge in [0.1, 0.15) is 17.7 Å². The highest BCUT2D eigenvalue weighted by Gasteiger charge is 2.32. The molecule has 2 fully saturated rings. The fraction of sp³-hybridized carbons (Fsp3) is 0.360. The van der Waals surface area contributed by atoms with Crippen molar-refractivity contribution < 1.29 is 8.78 Å². The molecular weight excluding hydrogens is 408 g/mol. The van der Waals surface area contributed by atoms with E-state index < -0.39 is 11.6 Å². The monoisotopic (exact) mass is 433 g/mol. The molecule has 2 heterocycles. The second kappa shape index (κ2) is 8.71. The van der Waals surface area contributed by atoms with Gasteiger partial charge in [-0.2, -0.15) is 10.4 Å². The average Bonchev–Trinajstić information content (AvgIpc) is 3.49. The van der Waals surface area contributed by atoms with E-state index in [1.807, 2.05) is 35.1 Å². The van der Waals surface area contributed by atoms with E-state index >= 15 is 0 Å². The fourth-order valence-corrected chi connectivity index (χ4v) is 5.06. The number of rotatable bonds is 4. The number of piperazine rings is 1. The molecule has 2 aromatic carbocycles. The van der Waals surface area contributed by atoms with Gasteiger partial charge in [0.25, 0.3) is 0 Å². The summed E-state index contributed by atoms with van der Waals surface area (Å²) in [6, 6.07) is 16.3. The number of para-hydroxylation sites is 1. The zero-order valence-corrected chi connectivity index (χ0v) is 17.8. The van der Waals surface area contributed by atoms with Crippen LogP contribution in [0.5, 0.6) is 0 Å². The topological polar surface area (TPSA) is 48.1 Å². The Hall–Kier alpha value is -3.24. The molecule has 32 heavy (non-hydrogen) atoms. The van der Waals surface area contributed by atoms with E-state index in [2.05, 4.69) is 21.0 Å². The minimum atomic E-state index is -0.588. The molecule has 1 aromatic heterocycles. The van der Waals surface area contributed by atoms with Crippen LogP contribution in [0.1, 0.15) is 30.9 Å². The lowest BCUT2D eigenvalue weighted by molar-refractivity contribution is 0.183. The van der Waals surface area contributed by atoms with Crippen LogP contribution in [-0.4, -0.2) is 46.9 Å². The Kier molecular flexibility index (Phi) is 5.62. The third kappa shape index (κ3) is 3.98. The van der Waals surface area contributed by atoms with E-state index in [4.69, 9.17) is 0 Å². The lowest BCUT2D eigenvalue weighted by Crippen LogP contribution is -2.50. The second-order valence-corrected chi connectivity index (χ2v) is 8.58. The third-order valence-electron chi connectivity index (χ3n) is 6.76. The molecule has 7 heteroatoms. The first-order valence-electron chi connectivity index (χ1n) is 11.1. The lowest BCUT2D eigenvalue weighted by atomic mass is 10.1. The van der Waals surface area contributed by atoms with Gasteiger partial charge in [0.2, 0.25) is 0 Å². The van der Waals surface area contributed by atoms with Crippen LogP contribution in [-0.2, 0) is 0 Å². The molecule has 164 valence electrons. The van der Waals surface area contributed by atoms with Gasteiger partial charge in [-0.15, -0.1) is 0 Å². The van der Waals surface area contributed by atoms with Crippen LogP contribution in [0.4, 0.5) is 14.5 Å². The van der Waals surface area contributed by atoms with Gasteiger partial charge in [-0.1, -0.05) is 12.1 Å². The molecule has 3 aromatic rings. The van der Waals surface area contributed by atoms with Crippen LogP contribution in [0.15, 0.2) is 54.7 Å². The summed E-state index contributed by atoms with van der Waals surface area (Å²) in [6.07, 6.45) is 5.07. The Morgan fingerprint density at radius 2 is 1.72 bits per heavy atom. The minimum absolute atomic E-state index is 0.287. The number of aromatic nitrogens is 2. The maximum absolute atomic E-state index is 14.1. The summed E-state index contributed by atoms with van der Waals surface area (Å²) in [7, 11) is 0. The standard InChI is InChI=1S/C25H25F2N5/c26-19-5-8-22(23(27)15-19)24-9-10-32(29-24)21-7-6-20(16-21)30-11-13-31(14-12-30)25-4-2-1-3-18(25)17-28/h1-5,8-10,15,20-21H,6-7,11-14,16H2/t20-,21+/m0/s1. The van der Waals surface area contributed by atoms with E-state index in [0.29, 0.717) is 17.3 Å². The van der Waals surface area contributed by atoms with Crippen LogP contribution in [0.3, 0.4) is 0 Å². The van der Waals surface area contributed by atoms with E-state index in [1.165, 1.54) is 12.1 Å². The van der Waals surface area contributed by atoms with Gasteiger partial charge in [-0.25, -0.2) is 8.78 Å². The van der Waals surface area contributed by atoms with E-state index in [-0.39, 0.29) is 6.04 Å². The Bertz CT molecular complexity index is 1140. The first-order valence-corrected chi connectivity index (χ1v) is 11.1. The van der Waals surface area contributed by atoms with Gasteiger partial charge >= 0.3 is 0 Å². The second-order valence-electron chi connectivity index (χ2n) is 8.58. The molecular formula is C25H25F2N5. The quantitative estimate of drug-likeness (QED) is 0.603. The molecule has 5 rings (SSSR count). The van der Waals surface area contributed by atoms with Crippen LogP contribution in [0.2, 0.25) is 0 Å². The number of nitrogens with zero attached hydrogens (tertiary/aromatic N) is 5. The van der Waals surface area contributed by atoms with E-state index in [0.717, 1.165) is 62.8 Å². The predicted octanol–water partition coefficient (Wildman–Crippen LogP) is 4.62. The molecule has 2 atom stereocenters. The molecule has 0 spiro atoms. The summed E-state index contributed by atoms with van der Waals surface area (Å²) >= 11 is 0. The molecule has 1 saturated heterocycles. The van der Waals surface area contributed by atoms with Gasteiger partial charge in [-0.3, -0.25) is 9.58 Å². The molecule has 0 amide bonds. The van der Waals surface area contributed by atoms with Crippen molar-refractivity contribution in [1.29, 1.82) is 5.26 Å². The molecule has 0 N–H and O–H groups in total. The van der Waals surface area contributed by atoms with Gasteiger partial charge in [0, 0.05) is 50.0 Å². The number of halogens is 2. The zero-order chi connectivity index (χ0) is 22.1. The normalized spacial score (nSPS) is 21.6. The maximum atomic E-state index is 14.1. The van der Waals surface area contributed by atoms with Crippen molar-refractivity contribution in [3.8, 4) is 17.3 Å². The first kappa shape index (κ1) is 20.7. The molecule has 1 aliphatic heterocycles. The van der Waals surface area contributed by atoms with Crippen molar-refractivity contribution in [2.24, 2.45) is 0 Å². The Morgan fingerprint density at radius 3 is 2.50 bits per heavy atom. The predicted molar refractivity (Wildman–Crippen MR) is 119 cm³/mol. The van der Waals surface area contributed by atoms with Crippen LogP contribution in [0, 0.1) is 23.0 Å². The highest BCUT2D eigenvalue weighted by molar-refractivity contribution is 5.60. The van der Waals surface area contributed by atoms with Crippen molar-refractivity contribution in [3.63, 3.8) is 0 Å². The summed E-state index contributed by atoms with van der Waals surface area (Å²) in [4.78, 5) is 4.86. The summed E-state index contributed by atoms with van der Waals surface area (Å²) in [5, 5.41) is 14.0. The van der Waals surface area contributed by atoms with Crippen LogP contribution >= 0.6 is 0 Å². The SMILES string of the molecule is N#Cc1ccccc1N1CCN([C@H]2CC[C@@H](n3ccc(-c4ccc(F)cc4F)n3)C2)CC1. The number of anilines is 1. The average molecular weight is 434 g/mol. The maximum Gasteiger partial charge on any atom is 0.135 e. The highest BCUT2D eigenvalue weighted by atomic mass is 19.1. The molecule has 0 bridgehead atoms. The molecule has 1 saturated carbocycles. The number of benzene rings is 2. The Labute approximate surface area is 186 Å². The fourth-order valence-electron chi connectivity index (χ4n) is 5.06. The van der Waals surface area contributed by atoms with Gasteiger partial charge in [0.15, 0.2) is 0 Å². The summed E-state index contributed by atoms with van der Waals surface area (Å²) < 4.78 is 29.3. The van der Waals surface area contributed by atoms with E-state index in [9.17, 15) is 14.0 Å². The number of hydrogen-bond donors (Lipinski definition) is 0. The van der Waals surface area contributed by atoms with Crippen molar-refractivity contribution in [2.45, 2.75) is 31.3 Å². The van der Waals surface area contributed by atoms with Crippen molar-refractivity contribution in [3.05, 3.63) is 71.9 Å². The minimum Gasteiger partial charge on any atom is -0.368 e. The third-order valence-corrected chi connectivity index (χ3v) is 6.76. The van der Waals surface area contributed by atoms with Crippen molar-refractivity contribution in [1.82, 2.24) is 14.7 Å². The lowest BCUT2D eigenvalue weighted by Gasteiger charge is -2.39. The molecule has 0 radical (unpaired) electrons. The van der Waals surface area contributed by atoms with Gasteiger partial charge in [0.05, 0.1) is 23.0 Å². The summed E-state index contributed by atoms with van der Waals surface area (Å²) in [5.74, 6) is -1.17. The Morgan fingerprint density at radius 1 is 0.938 bits per heavy atom. The summed E-state index contributed by atoms with van der Waals surface area (Å²) in [6.45, 7) is 3.77. The van der Waals surface area contributed by atoms with Crippen LogP contribution in [0.25, 0.3) is 11.3 Å². The van der Waals surface area contributed by atoms with Gasteiger partial charge < -0.3 is 4.90 Å². The highest BCUT2D eigenvalue weighted by Crippen LogP contribution is 2.34. The Balaban J connectivity index is 1.21. The smallest absolute Gasteiger partial charge is 0.135 e. The first-order chi connectivity index (χ1) is 15.6. The van der Waals surface area contributed by atoms with E-state index in [1.54, 1.807) is 6.07 Å². The molecule has 2 aliphatic rings. The van der Waals surface area contributed by atoms with Crippen LogP contribution < -0.4 is 4.90 Å². The molecule has 0 unspecified atom stereocenters. The summed E-state index contributed by atoms with van der Waals surface area (Å²) in [5.41, 5.74) is 2.62. The molecule has 1 aliphatic carbocycles. The van der Waals surface area contributed by atoms with Gasteiger partial charge in [-0.05, 0) is 49.6 Å². The number of nitriles is 1. The van der Waals surface area contributed by atoms with Crippen molar-refractivity contribution in [2.75, 3.05) is 31.1 Å². The zero-order valence-electron chi connectivity index (χ0n) is 17.8. The number of hydrogen-bond acceptors (Lipinski definition) is 4. The molecule has 5 nitrogen and oxygen atoms in total. The van der Waals surface area contributed by atoms with Crippen molar-refractivity contribution >= 4 is 5.69 Å².